The summed E-state index contributed by atoms with van der Waals surface area (Å²) in [6, 6.07) is 7.57. The number of amides is 1. The van der Waals surface area contributed by atoms with E-state index in [9.17, 15) is 4.79 Å². The van der Waals surface area contributed by atoms with Gasteiger partial charge in [0.05, 0.1) is 11.6 Å². The summed E-state index contributed by atoms with van der Waals surface area (Å²) in [5.74, 6) is -0.0866. The van der Waals surface area contributed by atoms with Crippen molar-refractivity contribution in [3.05, 3.63) is 28.7 Å². The van der Waals surface area contributed by atoms with Crippen LogP contribution in [0.25, 0.3) is 0 Å². The Kier molecular flexibility index (Phi) is 2.61. The zero-order chi connectivity index (χ0) is 11.0. The highest BCUT2D eigenvalue weighted by Gasteiger charge is 2.31. The minimum Gasteiger partial charge on any atom is -0.272 e. The zero-order valence-corrected chi connectivity index (χ0v) is 10.2. The van der Waals surface area contributed by atoms with Crippen molar-refractivity contribution in [1.82, 2.24) is 0 Å². The molecule has 3 nitrogen and oxygen atoms in total. The quantitative estimate of drug-likeness (QED) is 0.770. The predicted molar refractivity (Wildman–Crippen MR) is 63.9 cm³/mol. The van der Waals surface area contributed by atoms with Crippen LogP contribution in [0, 0.1) is 5.92 Å². The Morgan fingerprint density at radius 3 is 2.60 bits per heavy atom. The maximum absolute atomic E-state index is 11.9. The van der Waals surface area contributed by atoms with Gasteiger partial charge in [-0.1, -0.05) is 12.1 Å². The summed E-state index contributed by atoms with van der Waals surface area (Å²) in [6.45, 7) is 3.75. The Labute approximate surface area is 96.9 Å². The summed E-state index contributed by atoms with van der Waals surface area (Å²) in [5, 5.41) is 5.71. The number of hydrogen-bond acceptors (Lipinski definition) is 2. The molecule has 78 valence electrons. The zero-order valence-electron chi connectivity index (χ0n) is 8.57. The number of carbonyl (C=O) groups is 1. The summed E-state index contributed by atoms with van der Waals surface area (Å²) in [7, 11) is 0. The van der Waals surface area contributed by atoms with Crippen molar-refractivity contribution >= 4 is 33.2 Å². The smallest absolute Gasteiger partial charge is 0.255 e. The third-order valence-corrected chi connectivity index (χ3v) is 3.21. The van der Waals surface area contributed by atoms with Crippen LogP contribution in [0.3, 0.4) is 0 Å². The Balaban J connectivity index is 2.42. The van der Waals surface area contributed by atoms with Crippen molar-refractivity contribution in [2.24, 2.45) is 11.0 Å². The van der Waals surface area contributed by atoms with Crippen molar-refractivity contribution in [1.29, 1.82) is 0 Å². The van der Waals surface area contributed by atoms with E-state index in [1.165, 1.54) is 5.01 Å². The molecule has 0 aromatic heterocycles. The van der Waals surface area contributed by atoms with E-state index in [1.807, 2.05) is 38.1 Å². The van der Waals surface area contributed by atoms with E-state index in [-0.39, 0.29) is 11.8 Å². The van der Waals surface area contributed by atoms with Crippen LogP contribution >= 0.6 is 15.9 Å². The van der Waals surface area contributed by atoms with Gasteiger partial charge in [0.1, 0.15) is 0 Å². The summed E-state index contributed by atoms with van der Waals surface area (Å²) >= 11 is 3.41. The lowest BCUT2D eigenvalue weighted by molar-refractivity contribution is -0.119. The second-order valence-corrected chi connectivity index (χ2v) is 4.42. The third-order valence-electron chi connectivity index (χ3n) is 2.54. The molecule has 0 radical (unpaired) electrons. The van der Waals surface area contributed by atoms with Crippen LogP contribution in [0.1, 0.15) is 13.8 Å². The van der Waals surface area contributed by atoms with Crippen LogP contribution in [0.2, 0.25) is 0 Å². The van der Waals surface area contributed by atoms with E-state index >= 15 is 0 Å². The van der Waals surface area contributed by atoms with E-state index in [4.69, 9.17) is 0 Å². The minimum atomic E-state index is -0.114. The predicted octanol–water partition coefficient (Wildman–Crippen LogP) is 2.81. The van der Waals surface area contributed by atoms with Gasteiger partial charge >= 0.3 is 0 Å². The van der Waals surface area contributed by atoms with Gasteiger partial charge in [0.2, 0.25) is 0 Å². The topological polar surface area (TPSA) is 32.7 Å². The highest BCUT2D eigenvalue weighted by atomic mass is 79.9. The molecular weight excluding hydrogens is 256 g/mol. The lowest BCUT2D eigenvalue weighted by Gasteiger charge is -2.14. The Hall–Kier alpha value is -1.16. The van der Waals surface area contributed by atoms with Crippen molar-refractivity contribution in [3.8, 4) is 0 Å². The lowest BCUT2D eigenvalue weighted by Crippen LogP contribution is -2.25. The molecule has 15 heavy (non-hydrogen) atoms. The van der Waals surface area contributed by atoms with E-state index in [2.05, 4.69) is 21.0 Å². The molecule has 0 fully saturated rings. The number of anilines is 1. The van der Waals surface area contributed by atoms with Gasteiger partial charge in [0.25, 0.3) is 5.91 Å². The molecule has 1 unspecified atom stereocenters. The van der Waals surface area contributed by atoms with Crippen LogP contribution in [-0.4, -0.2) is 11.6 Å². The number of benzene rings is 1. The minimum absolute atomic E-state index is 0.0272. The van der Waals surface area contributed by atoms with E-state index in [0.717, 1.165) is 15.9 Å². The molecule has 0 bridgehead atoms. The molecule has 1 heterocycles. The molecule has 1 aromatic rings. The Bertz CT molecular complexity index is 442. The first-order valence-corrected chi connectivity index (χ1v) is 5.54. The second-order valence-electron chi connectivity index (χ2n) is 3.56. The first-order chi connectivity index (χ1) is 7.11. The summed E-state index contributed by atoms with van der Waals surface area (Å²) < 4.78 is 0.879. The van der Waals surface area contributed by atoms with Gasteiger partial charge in [0, 0.05) is 10.2 Å². The number of carbonyl (C=O) groups excluding carboxylic acids is 1. The number of nitrogens with zero attached hydrogens (tertiary/aromatic N) is 2. The standard InChI is InChI=1S/C11H11BrN2O/c1-7-8(2)13-14(11(7)15)10-6-4-3-5-9(10)12/h3-7H,1-2H3. The van der Waals surface area contributed by atoms with Crippen LogP contribution in [0.15, 0.2) is 33.8 Å². The monoisotopic (exact) mass is 266 g/mol. The van der Waals surface area contributed by atoms with Crippen molar-refractivity contribution in [3.63, 3.8) is 0 Å². The number of para-hydroxylation sites is 1. The average molecular weight is 267 g/mol. The molecule has 1 aromatic carbocycles. The Morgan fingerprint density at radius 1 is 1.40 bits per heavy atom. The summed E-state index contributed by atoms with van der Waals surface area (Å²) in [4.78, 5) is 11.9. The fourth-order valence-corrected chi connectivity index (χ4v) is 1.90. The molecule has 0 aliphatic carbocycles. The number of halogens is 1. The van der Waals surface area contributed by atoms with Gasteiger partial charge in [0.15, 0.2) is 0 Å². The second kappa shape index (κ2) is 3.77. The fourth-order valence-electron chi connectivity index (χ4n) is 1.45. The first-order valence-electron chi connectivity index (χ1n) is 4.75. The molecule has 0 N–H and O–H groups in total. The van der Waals surface area contributed by atoms with Crippen LogP contribution in [0.5, 0.6) is 0 Å². The van der Waals surface area contributed by atoms with Gasteiger partial charge < -0.3 is 0 Å². The van der Waals surface area contributed by atoms with E-state index < -0.39 is 0 Å². The molecule has 0 saturated carbocycles. The molecule has 1 aliphatic rings. The van der Waals surface area contributed by atoms with Gasteiger partial charge in [-0.25, -0.2) is 0 Å². The Morgan fingerprint density at radius 2 is 2.07 bits per heavy atom. The highest BCUT2D eigenvalue weighted by molar-refractivity contribution is 9.10. The van der Waals surface area contributed by atoms with Gasteiger partial charge in [-0.2, -0.15) is 10.1 Å². The summed E-state index contributed by atoms with van der Waals surface area (Å²) in [5.41, 5.74) is 1.65. The number of rotatable bonds is 1. The molecule has 2 rings (SSSR count). The number of hydrogen-bond donors (Lipinski definition) is 0. The average Bonchev–Trinajstić information content (AvgIpc) is 2.47. The molecule has 1 amide bonds. The van der Waals surface area contributed by atoms with E-state index in [0.29, 0.717) is 0 Å². The molecule has 1 atom stereocenters. The highest BCUT2D eigenvalue weighted by Crippen LogP contribution is 2.30. The third kappa shape index (κ3) is 1.69. The molecule has 0 saturated heterocycles. The van der Waals surface area contributed by atoms with Crippen LogP contribution in [-0.2, 0) is 4.79 Å². The van der Waals surface area contributed by atoms with Crippen molar-refractivity contribution in [2.75, 3.05) is 5.01 Å². The normalized spacial score (nSPS) is 20.7. The van der Waals surface area contributed by atoms with Gasteiger partial charge in [-0.05, 0) is 41.9 Å². The van der Waals surface area contributed by atoms with E-state index in [1.54, 1.807) is 0 Å². The lowest BCUT2D eigenvalue weighted by atomic mass is 10.1. The number of hydrazone groups is 1. The van der Waals surface area contributed by atoms with Crippen LogP contribution in [0.4, 0.5) is 5.69 Å². The maximum Gasteiger partial charge on any atom is 0.255 e. The van der Waals surface area contributed by atoms with Gasteiger partial charge in [-0.3, -0.25) is 4.79 Å². The largest absolute Gasteiger partial charge is 0.272 e. The maximum atomic E-state index is 11.9. The van der Waals surface area contributed by atoms with Gasteiger partial charge in [-0.15, -0.1) is 0 Å². The van der Waals surface area contributed by atoms with Crippen LogP contribution < -0.4 is 5.01 Å². The SMILES string of the molecule is CC1=NN(c2ccccc2Br)C(=O)C1C. The van der Waals surface area contributed by atoms with Crippen molar-refractivity contribution < 1.29 is 4.79 Å². The molecule has 1 aliphatic heterocycles. The molecule has 4 heteroatoms. The summed E-state index contributed by atoms with van der Waals surface area (Å²) in [6.07, 6.45) is 0. The first kappa shape index (κ1) is 10.4. The fraction of sp³-hybridized carbons (Fsp3) is 0.273. The van der Waals surface area contributed by atoms with Crippen molar-refractivity contribution in [2.45, 2.75) is 13.8 Å². The molecular formula is C11H11BrN2O. The molecule has 0 spiro atoms.